The highest BCUT2D eigenvalue weighted by Crippen LogP contribution is 2.42. The number of hydrogen-bond acceptors (Lipinski definition) is 0. The number of halogens is 1. The Morgan fingerprint density at radius 3 is 2.56 bits per heavy atom. The van der Waals surface area contributed by atoms with Crippen molar-refractivity contribution in [3.63, 3.8) is 0 Å². The summed E-state index contributed by atoms with van der Waals surface area (Å²) in [5, 5.41) is 0. The maximum absolute atomic E-state index is 3.84. The third-order valence-corrected chi connectivity index (χ3v) is 4.93. The van der Waals surface area contributed by atoms with Crippen molar-refractivity contribution in [3.05, 3.63) is 57.1 Å². The number of fused-ring (bicyclic) bond motifs is 3. The Balaban J connectivity index is 2.28. The van der Waals surface area contributed by atoms with E-state index >= 15 is 0 Å². The summed E-state index contributed by atoms with van der Waals surface area (Å²) in [6.07, 6.45) is 3.29. The molecule has 1 aliphatic carbocycles. The molecule has 0 amide bonds. The third kappa shape index (κ3) is 1.65. The molecule has 0 nitrogen and oxygen atoms in total. The zero-order valence-corrected chi connectivity index (χ0v) is 12.5. The first kappa shape index (κ1) is 12.0. The summed E-state index contributed by atoms with van der Waals surface area (Å²) in [6.45, 7) is 4.49. The van der Waals surface area contributed by atoms with E-state index in [1.165, 1.54) is 37.9 Å². The van der Waals surface area contributed by atoms with E-state index < -0.39 is 0 Å². The summed E-state index contributed by atoms with van der Waals surface area (Å²) in [6, 6.07) is 11.2. The molecular weight excluding hydrogens is 284 g/mol. The van der Waals surface area contributed by atoms with Gasteiger partial charge in [0.1, 0.15) is 0 Å². The van der Waals surface area contributed by atoms with Gasteiger partial charge >= 0.3 is 0 Å². The van der Waals surface area contributed by atoms with Gasteiger partial charge in [0.2, 0.25) is 0 Å². The van der Waals surface area contributed by atoms with Crippen molar-refractivity contribution in [2.75, 3.05) is 0 Å². The summed E-state index contributed by atoms with van der Waals surface area (Å²) in [5.74, 6) is 0. The Morgan fingerprint density at radius 1 is 1.06 bits per heavy atom. The largest absolute Gasteiger partial charge is 0.0619 e. The van der Waals surface area contributed by atoms with Gasteiger partial charge in [-0.1, -0.05) is 60.1 Å². The minimum absolute atomic E-state index is 1.07. The number of hydrogen-bond donors (Lipinski definition) is 0. The fraction of sp³-hybridized carbons (Fsp3) is 0.294. The van der Waals surface area contributed by atoms with Crippen molar-refractivity contribution in [1.82, 2.24) is 0 Å². The molecule has 0 spiro atoms. The summed E-state index contributed by atoms with van der Waals surface area (Å²) in [7, 11) is 0. The lowest BCUT2D eigenvalue weighted by Gasteiger charge is -2.13. The topological polar surface area (TPSA) is 0 Å². The molecule has 0 unspecified atom stereocenters. The van der Waals surface area contributed by atoms with Crippen LogP contribution in [0.15, 0.2) is 34.8 Å². The van der Waals surface area contributed by atoms with Gasteiger partial charge < -0.3 is 0 Å². The van der Waals surface area contributed by atoms with Crippen molar-refractivity contribution >= 4 is 15.9 Å². The SMILES string of the molecule is CCc1cc2c(c(Br)c1CC)Cc1ccccc1-2. The third-order valence-electron chi connectivity index (χ3n) is 3.97. The zero-order chi connectivity index (χ0) is 12.7. The van der Waals surface area contributed by atoms with Gasteiger partial charge in [-0.3, -0.25) is 0 Å². The van der Waals surface area contributed by atoms with Crippen LogP contribution in [-0.4, -0.2) is 0 Å². The minimum atomic E-state index is 1.07. The first-order valence-corrected chi connectivity index (χ1v) is 7.47. The van der Waals surface area contributed by atoms with Gasteiger partial charge in [-0.15, -0.1) is 0 Å². The van der Waals surface area contributed by atoms with Crippen molar-refractivity contribution in [2.24, 2.45) is 0 Å². The van der Waals surface area contributed by atoms with E-state index in [1.807, 2.05) is 0 Å². The van der Waals surface area contributed by atoms with E-state index in [0.29, 0.717) is 0 Å². The molecule has 1 aliphatic rings. The second kappa shape index (κ2) is 4.55. The fourth-order valence-corrected chi connectivity index (χ4v) is 3.92. The molecule has 0 bridgehead atoms. The van der Waals surface area contributed by atoms with E-state index in [1.54, 1.807) is 0 Å². The lowest BCUT2D eigenvalue weighted by atomic mass is 9.95. The molecule has 0 radical (unpaired) electrons. The highest BCUT2D eigenvalue weighted by molar-refractivity contribution is 9.10. The van der Waals surface area contributed by atoms with Crippen LogP contribution in [-0.2, 0) is 19.3 Å². The van der Waals surface area contributed by atoms with Crippen molar-refractivity contribution < 1.29 is 0 Å². The predicted molar refractivity (Wildman–Crippen MR) is 81.1 cm³/mol. The van der Waals surface area contributed by atoms with E-state index in [9.17, 15) is 0 Å². The molecule has 0 fully saturated rings. The predicted octanol–water partition coefficient (Wildman–Crippen LogP) is 5.15. The molecule has 92 valence electrons. The Labute approximate surface area is 117 Å². The zero-order valence-electron chi connectivity index (χ0n) is 10.9. The second-order valence-electron chi connectivity index (χ2n) is 4.90. The summed E-state index contributed by atoms with van der Waals surface area (Å²) < 4.78 is 1.34. The lowest BCUT2D eigenvalue weighted by Crippen LogP contribution is -1.97. The highest BCUT2D eigenvalue weighted by atomic mass is 79.9. The van der Waals surface area contributed by atoms with Gasteiger partial charge in [0.25, 0.3) is 0 Å². The summed E-state index contributed by atoms with van der Waals surface area (Å²) >= 11 is 3.84. The van der Waals surface area contributed by atoms with E-state index in [4.69, 9.17) is 0 Å². The average Bonchev–Trinajstić information content (AvgIpc) is 2.77. The van der Waals surface area contributed by atoms with Crippen LogP contribution in [0.25, 0.3) is 11.1 Å². The van der Waals surface area contributed by atoms with Gasteiger partial charge in [0.05, 0.1) is 0 Å². The molecule has 18 heavy (non-hydrogen) atoms. The molecule has 2 aromatic rings. The molecule has 0 aromatic heterocycles. The Kier molecular flexibility index (Phi) is 3.03. The fourth-order valence-electron chi connectivity index (χ4n) is 3.03. The molecule has 0 saturated carbocycles. The van der Waals surface area contributed by atoms with Gasteiger partial charge in [-0.25, -0.2) is 0 Å². The van der Waals surface area contributed by atoms with Gasteiger partial charge in [-0.05, 0) is 52.6 Å². The molecule has 0 saturated heterocycles. The molecule has 0 aliphatic heterocycles. The van der Waals surface area contributed by atoms with Crippen LogP contribution >= 0.6 is 15.9 Å². The van der Waals surface area contributed by atoms with Gasteiger partial charge in [-0.2, -0.15) is 0 Å². The lowest BCUT2D eigenvalue weighted by molar-refractivity contribution is 1.02. The van der Waals surface area contributed by atoms with Gasteiger partial charge in [0.15, 0.2) is 0 Å². The quantitative estimate of drug-likeness (QED) is 0.614. The van der Waals surface area contributed by atoms with E-state index in [2.05, 4.69) is 60.1 Å². The molecule has 1 heteroatoms. The van der Waals surface area contributed by atoms with Crippen LogP contribution in [0, 0.1) is 0 Å². The Bertz CT molecular complexity index is 611. The highest BCUT2D eigenvalue weighted by Gasteiger charge is 2.23. The van der Waals surface area contributed by atoms with Crippen LogP contribution in [0.2, 0.25) is 0 Å². The van der Waals surface area contributed by atoms with E-state index in [-0.39, 0.29) is 0 Å². The van der Waals surface area contributed by atoms with Crippen molar-refractivity contribution in [1.29, 1.82) is 0 Å². The number of benzene rings is 2. The molecule has 0 atom stereocenters. The smallest absolute Gasteiger partial charge is 0.0251 e. The molecule has 3 rings (SSSR count). The second-order valence-corrected chi connectivity index (χ2v) is 5.69. The maximum atomic E-state index is 3.84. The first-order chi connectivity index (χ1) is 8.76. The monoisotopic (exact) mass is 300 g/mol. The summed E-state index contributed by atoms with van der Waals surface area (Å²) in [5.41, 5.74) is 8.77. The van der Waals surface area contributed by atoms with Crippen LogP contribution < -0.4 is 0 Å². The first-order valence-electron chi connectivity index (χ1n) is 6.67. The normalized spacial score (nSPS) is 12.4. The van der Waals surface area contributed by atoms with E-state index in [0.717, 1.165) is 19.3 Å². The van der Waals surface area contributed by atoms with Crippen LogP contribution in [0.4, 0.5) is 0 Å². The summed E-state index contributed by atoms with van der Waals surface area (Å²) in [4.78, 5) is 0. The van der Waals surface area contributed by atoms with Crippen LogP contribution in [0.3, 0.4) is 0 Å². The number of aryl methyl sites for hydroxylation is 1. The van der Waals surface area contributed by atoms with Crippen LogP contribution in [0.1, 0.15) is 36.1 Å². The standard InChI is InChI=1S/C17H17Br/c1-3-11-9-15-14-8-6-5-7-12(14)10-16(15)17(18)13(11)4-2/h5-9H,3-4,10H2,1-2H3. The molecule has 2 aromatic carbocycles. The Hall–Kier alpha value is -1.08. The minimum Gasteiger partial charge on any atom is -0.0619 e. The Morgan fingerprint density at radius 2 is 1.83 bits per heavy atom. The van der Waals surface area contributed by atoms with Gasteiger partial charge in [0, 0.05) is 4.47 Å². The van der Waals surface area contributed by atoms with Crippen molar-refractivity contribution in [3.8, 4) is 11.1 Å². The van der Waals surface area contributed by atoms with Crippen molar-refractivity contribution in [2.45, 2.75) is 33.1 Å². The number of rotatable bonds is 2. The average molecular weight is 301 g/mol. The molecular formula is C17H17Br. The van der Waals surface area contributed by atoms with Crippen LogP contribution in [0.5, 0.6) is 0 Å². The molecule has 0 heterocycles. The maximum Gasteiger partial charge on any atom is 0.0251 e. The molecule has 0 N–H and O–H groups in total.